The summed E-state index contributed by atoms with van der Waals surface area (Å²) < 4.78 is 7.44. The Bertz CT molecular complexity index is 1280. The number of carbonyl (C=O) groups excluding carboxylic acids is 2. The van der Waals surface area contributed by atoms with Crippen LogP contribution in [0.4, 0.5) is 5.82 Å². The van der Waals surface area contributed by atoms with Gasteiger partial charge in [0.15, 0.2) is 0 Å². The number of aromatic nitrogens is 2. The molecule has 0 aliphatic carbocycles. The molecule has 2 aliphatic rings. The molecule has 2 amide bonds. The average Bonchev–Trinajstić information content (AvgIpc) is 3.61. The van der Waals surface area contributed by atoms with Crippen molar-refractivity contribution in [3.8, 4) is 5.69 Å². The number of ether oxygens (including phenoxy) is 1. The Hall–Kier alpha value is -2.33. The maximum absolute atomic E-state index is 13.6. The molecule has 3 aromatic rings. The van der Waals surface area contributed by atoms with Gasteiger partial charge in [0.1, 0.15) is 12.4 Å². The Morgan fingerprint density at radius 2 is 2.11 bits per heavy atom. The summed E-state index contributed by atoms with van der Waals surface area (Å²) in [7, 11) is 0. The van der Waals surface area contributed by atoms with Crippen LogP contribution in [-0.4, -0.2) is 53.1 Å². The predicted octanol–water partition coefficient (Wildman–Crippen LogP) is 5.35. The topological polar surface area (TPSA) is 76.5 Å². The second-order valence-electron chi connectivity index (χ2n) is 10.4. The Morgan fingerprint density at radius 3 is 2.78 bits per heavy atom. The summed E-state index contributed by atoms with van der Waals surface area (Å²) in [6, 6.07) is 11.6. The largest absolute Gasteiger partial charge is 0.376 e. The third-order valence-corrected chi connectivity index (χ3v) is 9.06. The standard InChI is InChI=1S/C27H31ClN4O3S2/c1-27(2,3)25-23-24(20-10-6-12-36-20)37-16-22(34)31(15-21(33)29-14-19-9-5-11-35-19)26(23)32(30-25)18-8-4-7-17(28)13-18/h4,6-8,10,12-13,19,24H,5,9,11,14-16H2,1-3H3,(H,29,33)/t19-,24-/m0/s1. The molecule has 0 spiro atoms. The minimum absolute atomic E-state index is 0.0302. The summed E-state index contributed by atoms with van der Waals surface area (Å²) in [6.45, 7) is 7.45. The number of hydrogen-bond acceptors (Lipinski definition) is 6. The van der Waals surface area contributed by atoms with Gasteiger partial charge in [0.25, 0.3) is 0 Å². The van der Waals surface area contributed by atoms with Crippen LogP contribution < -0.4 is 10.2 Å². The predicted molar refractivity (Wildman–Crippen MR) is 150 cm³/mol. The van der Waals surface area contributed by atoms with Crippen molar-refractivity contribution in [1.82, 2.24) is 15.1 Å². The third kappa shape index (κ3) is 5.60. The molecule has 7 nitrogen and oxygen atoms in total. The molecule has 0 unspecified atom stereocenters. The van der Waals surface area contributed by atoms with E-state index in [0.717, 1.165) is 41.3 Å². The molecule has 0 bridgehead atoms. The van der Waals surface area contributed by atoms with E-state index in [0.29, 0.717) is 17.4 Å². The number of thioether (sulfide) groups is 1. The highest BCUT2D eigenvalue weighted by Crippen LogP contribution is 2.49. The molecule has 37 heavy (non-hydrogen) atoms. The van der Waals surface area contributed by atoms with Crippen LogP contribution in [0.1, 0.15) is 55.0 Å². The van der Waals surface area contributed by atoms with Crippen LogP contribution in [0.15, 0.2) is 41.8 Å². The molecule has 1 N–H and O–H groups in total. The van der Waals surface area contributed by atoms with Gasteiger partial charge in [0.2, 0.25) is 11.8 Å². The highest BCUT2D eigenvalue weighted by Gasteiger charge is 2.40. The number of halogens is 1. The van der Waals surface area contributed by atoms with E-state index in [1.54, 1.807) is 32.7 Å². The Labute approximate surface area is 230 Å². The van der Waals surface area contributed by atoms with Gasteiger partial charge in [-0.25, -0.2) is 4.68 Å². The van der Waals surface area contributed by atoms with E-state index in [2.05, 4.69) is 37.5 Å². The van der Waals surface area contributed by atoms with Crippen LogP contribution in [0.5, 0.6) is 0 Å². The molecule has 1 fully saturated rings. The lowest BCUT2D eigenvalue weighted by Gasteiger charge is -2.24. The van der Waals surface area contributed by atoms with Gasteiger partial charge < -0.3 is 10.1 Å². The molecule has 2 aromatic heterocycles. The Balaban J connectivity index is 1.63. The van der Waals surface area contributed by atoms with Crippen LogP contribution in [-0.2, 0) is 19.7 Å². The number of hydrogen-bond donors (Lipinski definition) is 1. The minimum Gasteiger partial charge on any atom is -0.376 e. The molecule has 0 radical (unpaired) electrons. The lowest BCUT2D eigenvalue weighted by molar-refractivity contribution is -0.123. The molecular weight excluding hydrogens is 528 g/mol. The average molecular weight is 559 g/mol. The molecule has 196 valence electrons. The monoisotopic (exact) mass is 558 g/mol. The van der Waals surface area contributed by atoms with Crippen molar-refractivity contribution in [2.75, 3.05) is 30.3 Å². The van der Waals surface area contributed by atoms with Crippen LogP contribution >= 0.6 is 34.7 Å². The van der Waals surface area contributed by atoms with Crippen molar-refractivity contribution >= 4 is 52.3 Å². The number of amides is 2. The first-order chi connectivity index (χ1) is 17.7. The summed E-state index contributed by atoms with van der Waals surface area (Å²) in [4.78, 5) is 29.5. The minimum atomic E-state index is -0.300. The van der Waals surface area contributed by atoms with E-state index in [4.69, 9.17) is 21.4 Å². The molecule has 1 aromatic carbocycles. The van der Waals surface area contributed by atoms with E-state index in [1.165, 1.54) is 0 Å². The molecule has 4 heterocycles. The Kier molecular flexibility index (Phi) is 7.68. The Morgan fingerprint density at radius 1 is 1.27 bits per heavy atom. The van der Waals surface area contributed by atoms with Crippen molar-refractivity contribution in [3.05, 3.63) is 62.9 Å². The van der Waals surface area contributed by atoms with E-state index in [-0.39, 0.29) is 40.9 Å². The molecule has 2 atom stereocenters. The van der Waals surface area contributed by atoms with E-state index >= 15 is 0 Å². The third-order valence-electron chi connectivity index (χ3n) is 6.51. The van der Waals surface area contributed by atoms with Crippen LogP contribution in [0, 0.1) is 0 Å². The fraction of sp³-hybridized carbons (Fsp3) is 0.444. The first-order valence-corrected chi connectivity index (χ1v) is 14.8. The fourth-order valence-electron chi connectivity index (χ4n) is 4.76. The number of nitrogens with one attached hydrogen (secondary N) is 1. The SMILES string of the molecule is CC(C)(C)c1nn(-c2cccc(Cl)c2)c2c1[C@H](c1cccs1)SCC(=O)N2CC(=O)NC[C@@H]1CCCO1. The summed E-state index contributed by atoms with van der Waals surface area (Å²) in [6.07, 6.45) is 1.97. The van der Waals surface area contributed by atoms with Gasteiger partial charge in [-0.05, 0) is 42.5 Å². The molecule has 10 heteroatoms. The summed E-state index contributed by atoms with van der Waals surface area (Å²) in [5.74, 6) is 0.551. The number of fused-ring (bicyclic) bond motifs is 1. The molecular formula is C27H31ClN4O3S2. The number of thiophene rings is 1. The van der Waals surface area contributed by atoms with E-state index in [9.17, 15) is 9.59 Å². The van der Waals surface area contributed by atoms with Gasteiger partial charge in [-0.1, -0.05) is 44.5 Å². The molecule has 1 saturated heterocycles. The van der Waals surface area contributed by atoms with Gasteiger partial charge in [-0.15, -0.1) is 23.1 Å². The van der Waals surface area contributed by atoms with Crippen LogP contribution in [0.2, 0.25) is 5.02 Å². The van der Waals surface area contributed by atoms with Crippen molar-refractivity contribution in [2.45, 2.75) is 50.4 Å². The first-order valence-electron chi connectivity index (χ1n) is 12.5. The maximum atomic E-state index is 13.6. The normalized spacial score (nSPS) is 20.1. The molecule has 2 aliphatic heterocycles. The summed E-state index contributed by atoms with van der Waals surface area (Å²) >= 11 is 9.62. The molecule has 5 rings (SSSR count). The van der Waals surface area contributed by atoms with Crippen molar-refractivity contribution in [3.63, 3.8) is 0 Å². The van der Waals surface area contributed by atoms with Crippen LogP contribution in [0.3, 0.4) is 0 Å². The van der Waals surface area contributed by atoms with Crippen molar-refractivity contribution < 1.29 is 14.3 Å². The number of nitrogens with zero attached hydrogens (tertiary/aromatic N) is 3. The zero-order valence-electron chi connectivity index (χ0n) is 21.2. The number of anilines is 1. The zero-order chi connectivity index (χ0) is 26.2. The lowest BCUT2D eigenvalue weighted by atomic mass is 9.88. The maximum Gasteiger partial charge on any atom is 0.240 e. The summed E-state index contributed by atoms with van der Waals surface area (Å²) in [5.41, 5.74) is 2.31. The second-order valence-corrected chi connectivity index (χ2v) is 12.9. The summed E-state index contributed by atoms with van der Waals surface area (Å²) in [5, 5.41) is 10.6. The van der Waals surface area contributed by atoms with Gasteiger partial charge in [0.05, 0.1) is 28.5 Å². The van der Waals surface area contributed by atoms with Crippen molar-refractivity contribution in [1.29, 1.82) is 0 Å². The highest BCUT2D eigenvalue weighted by atomic mass is 35.5. The van der Waals surface area contributed by atoms with Gasteiger partial charge in [-0.2, -0.15) is 5.10 Å². The quantitative estimate of drug-likeness (QED) is 0.441. The number of carbonyl (C=O) groups is 2. The van der Waals surface area contributed by atoms with Crippen LogP contribution in [0.25, 0.3) is 5.69 Å². The van der Waals surface area contributed by atoms with E-state index < -0.39 is 0 Å². The fourth-order valence-corrected chi connectivity index (χ4v) is 7.12. The number of rotatable bonds is 6. The lowest BCUT2D eigenvalue weighted by Crippen LogP contribution is -2.44. The number of benzene rings is 1. The van der Waals surface area contributed by atoms with Gasteiger partial charge in [0, 0.05) is 34.0 Å². The van der Waals surface area contributed by atoms with Gasteiger partial charge in [-0.3, -0.25) is 14.5 Å². The smallest absolute Gasteiger partial charge is 0.240 e. The highest BCUT2D eigenvalue weighted by molar-refractivity contribution is 8.00. The van der Waals surface area contributed by atoms with Gasteiger partial charge >= 0.3 is 0 Å². The van der Waals surface area contributed by atoms with E-state index in [1.807, 2.05) is 30.3 Å². The second kappa shape index (κ2) is 10.8. The zero-order valence-corrected chi connectivity index (χ0v) is 23.6. The van der Waals surface area contributed by atoms with Crippen molar-refractivity contribution in [2.24, 2.45) is 0 Å². The first kappa shape index (κ1) is 26.3. The molecule has 0 saturated carbocycles.